The fraction of sp³-hybridized carbons (Fsp3) is 0.333. The van der Waals surface area contributed by atoms with Gasteiger partial charge < -0.3 is 0 Å². The first-order valence-corrected chi connectivity index (χ1v) is 9.40. The van der Waals surface area contributed by atoms with Gasteiger partial charge in [0, 0.05) is 17.5 Å². The molecule has 4 nitrogen and oxygen atoms in total. The summed E-state index contributed by atoms with van der Waals surface area (Å²) >= 11 is 8.96. The summed E-state index contributed by atoms with van der Waals surface area (Å²) in [5.74, 6) is 0.862. The van der Waals surface area contributed by atoms with Gasteiger partial charge in [0.05, 0.1) is 11.5 Å². The number of nitrogens with zero attached hydrogens (tertiary/aromatic N) is 3. The molecule has 1 N–H and O–H groups in total. The van der Waals surface area contributed by atoms with Gasteiger partial charge in [-0.15, -0.1) is 22.7 Å². The second-order valence-electron chi connectivity index (χ2n) is 5.44. The molecule has 0 saturated carbocycles. The maximum Gasteiger partial charge on any atom is 0.217 e. The van der Waals surface area contributed by atoms with Crippen LogP contribution in [0.4, 0.5) is 0 Å². The minimum Gasteiger partial charge on any atom is -0.277 e. The zero-order valence-corrected chi connectivity index (χ0v) is 14.6. The lowest BCUT2D eigenvalue weighted by molar-refractivity contribution is 0.144. The van der Waals surface area contributed by atoms with Crippen LogP contribution in [-0.4, -0.2) is 26.2 Å². The zero-order chi connectivity index (χ0) is 15.1. The SMILES string of the molecule is C[C@@H]1c2ccsc2CCN1Cn1[nH]c(-c2cccs2)nc1=S. The van der Waals surface area contributed by atoms with Crippen LogP contribution in [-0.2, 0) is 13.1 Å². The Hall–Kier alpha value is -1.28. The van der Waals surface area contributed by atoms with Crippen molar-refractivity contribution in [3.8, 4) is 10.7 Å². The summed E-state index contributed by atoms with van der Waals surface area (Å²) in [6.45, 7) is 4.09. The van der Waals surface area contributed by atoms with Crippen molar-refractivity contribution in [3.05, 3.63) is 44.2 Å². The van der Waals surface area contributed by atoms with Crippen molar-refractivity contribution < 1.29 is 0 Å². The molecule has 0 aromatic carbocycles. The average Bonchev–Trinajstić information content (AvgIpc) is 3.23. The van der Waals surface area contributed by atoms with Crippen molar-refractivity contribution in [1.82, 2.24) is 19.7 Å². The Morgan fingerprint density at radius 1 is 1.36 bits per heavy atom. The van der Waals surface area contributed by atoms with E-state index in [0.29, 0.717) is 10.8 Å². The van der Waals surface area contributed by atoms with Gasteiger partial charge in [0.1, 0.15) is 0 Å². The number of hydrogen-bond donors (Lipinski definition) is 1. The van der Waals surface area contributed by atoms with Gasteiger partial charge in [0.2, 0.25) is 4.77 Å². The fourth-order valence-corrected chi connectivity index (χ4v) is 4.73. The molecule has 0 aliphatic carbocycles. The first-order chi connectivity index (χ1) is 10.7. The largest absolute Gasteiger partial charge is 0.277 e. The highest BCUT2D eigenvalue weighted by atomic mass is 32.1. The molecule has 4 rings (SSSR count). The molecule has 0 spiro atoms. The number of nitrogens with one attached hydrogen (secondary N) is 1. The van der Waals surface area contributed by atoms with E-state index in [2.05, 4.69) is 44.8 Å². The third kappa shape index (κ3) is 2.48. The van der Waals surface area contributed by atoms with Gasteiger partial charge in [0.25, 0.3) is 0 Å². The quantitative estimate of drug-likeness (QED) is 0.717. The Morgan fingerprint density at radius 3 is 3.09 bits per heavy atom. The molecule has 0 amide bonds. The molecule has 1 atom stereocenters. The molecule has 22 heavy (non-hydrogen) atoms. The predicted octanol–water partition coefficient (Wildman–Crippen LogP) is 4.31. The number of thiophene rings is 2. The molecule has 0 unspecified atom stereocenters. The van der Waals surface area contributed by atoms with Crippen LogP contribution < -0.4 is 0 Å². The topological polar surface area (TPSA) is 36.9 Å². The molecule has 1 aliphatic heterocycles. The van der Waals surface area contributed by atoms with Gasteiger partial charge in [-0.3, -0.25) is 10.00 Å². The highest BCUT2D eigenvalue weighted by Crippen LogP contribution is 2.33. The van der Waals surface area contributed by atoms with Gasteiger partial charge in [-0.1, -0.05) is 6.07 Å². The number of fused-ring (bicyclic) bond motifs is 1. The van der Waals surface area contributed by atoms with Crippen LogP contribution in [0.2, 0.25) is 0 Å². The van der Waals surface area contributed by atoms with E-state index in [4.69, 9.17) is 12.2 Å². The maximum absolute atomic E-state index is 5.42. The van der Waals surface area contributed by atoms with Crippen molar-refractivity contribution in [3.63, 3.8) is 0 Å². The molecule has 4 heterocycles. The van der Waals surface area contributed by atoms with Gasteiger partial charge in [-0.25, -0.2) is 4.68 Å². The zero-order valence-electron chi connectivity index (χ0n) is 12.2. The number of aromatic amines is 1. The molecular weight excluding hydrogens is 332 g/mol. The highest BCUT2D eigenvalue weighted by molar-refractivity contribution is 7.71. The first kappa shape index (κ1) is 14.3. The third-order valence-corrected chi connectivity index (χ3v) is 6.35. The van der Waals surface area contributed by atoms with Gasteiger partial charge in [-0.05, 0) is 54.0 Å². The van der Waals surface area contributed by atoms with Crippen molar-refractivity contribution in [2.45, 2.75) is 26.1 Å². The van der Waals surface area contributed by atoms with E-state index in [1.165, 1.54) is 10.4 Å². The normalized spacial score (nSPS) is 18.5. The van der Waals surface area contributed by atoms with E-state index in [0.717, 1.165) is 30.3 Å². The van der Waals surface area contributed by atoms with Crippen LogP contribution in [0.5, 0.6) is 0 Å². The van der Waals surface area contributed by atoms with Crippen LogP contribution in [0, 0.1) is 4.77 Å². The van der Waals surface area contributed by atoms with Crippen LogP contribution in [0.3, 0.4) is 0 Å². The predicted molar refractivity (Wildman–Crippen MR) is 93.9 cm³/mol. The van der Waals surface area contributed by atoms with Gasteiger partial charge >= 0.3 is 0 Å². The highest BCUT2D eigenvalue weighted by Gasteiger charge is 2.25. The summed E-state index contributed by atoms with van der Waals surface area (Å²) in [5.41, 5.74) is 1.46. The number of H-pyrrole nitrogens is 1. The minimum absolute atomic E-state index is 0.422. The van der Waals surface area contributed by atoms with Crippen molar-refractivity contribution in [1.29, 1.82) is 0 Å². The van der Waals surface area contributed by atoms with Crippen molar-refractivity contribution >= 4 is 34.9 Å². The molecule has 3 aromatic heterocycles. The molecule has 3 aromatic rings. The summed E-state index contributed by atoms with van der Waals surface area (Å²) in [5, 5.41) is 7.59. The van der Waals surface area contributed by atoms with E-state index in [-0.39, 0.29) is 0 Å². The Labute approximate surface area is 142 Å². The number of rotatable bonds is 3. The molecule has 0 saturated heterocycles. The summed E-state index contributed by atoms with van der Waals surface area (Å²) < 4.78 is 2.59. The van der Waals surface area contributed by atoms with E-state index in [1.807, 2.05) is 22.1 Å². The molecular formula is C15H16N4S3. The summed E-state index contributed by atoms with van der Waals surface area (Å²) in [4.78, 5) is 9.58. The number of aromatic nitrogens is 3. The van der Waals surface area contributed by atoms with Crippen LogP contribution in [0.15, 0.2) is 29.0 Å². The Balaban J connectivity index is 1.58. The minimum atomic E-state index is 0.422. The summed E-state index contributed by atoms with van der Waals surface area (Å²) in [7, 11) is 0. The third-order valence-electron chi connectivity index (χ3n) is 4.16. The first-order valence-electron chi connectivity index (χ1n) is 7.23. The van der Waals surface area contributed by atoms with Crippen molar-refractivity contribution in [2.24, 2.45) is 0 Å². The van der Waals surface area contributed by atoms with E-state index in [9.17, 15) is 0 Å². The van der Waals surface area contributed by atoms with E-state index >= 15 is 0 Å². The van der Waals surface area contributed by atoms with Gasteiger partial charge in [0.15, 0.2) is 5.82 Å². The van der Waals surface area contributed by atoms with E-state index in [1.54, 1.807) is 11.3 Å². The molecule has 0 radical (unpaired) electrons. The maximum atomic E-state index is 5.42. The number of hydrogen-bond acceptors (Lipinski definition) is 5. The molecule has 0 fully saturated rings. The standard InChI is InChI=1S/C15H16N4S3/c1-10-11-5-8-22-12(11)4-6-18(10)9-19-15(20)16-14(17-19)13-3-2-7-21-13/h2-3,5,7-8,10H,4,6,9H2,1H3,(H,16,17,20)/t10-/m1/s1. The second-order valence-corrected chi connectivity index (χ2v) is 7.75. The summed E-state index contributed by atoms with van der Waals surface area (Å²) in [6, 6.07) is 6.76. The average molecular weight is 349 g/mol. The lowest BCUT2D eigenvalue weighted by Crippen LogP contribution is -2.35. The second kappa shape index (κ2) is 5.73. The lowest BCUT2D eigenvalue weighted by atomic mass is 10.0. The Kier molecular flexibility index (Phi) is 3.73. The summed E-state index contributed by atoms with van der Waals surface area (Å²) in [6.07, 6.45) is 1.12. The van der Waals surface area contributed by atoms with Crippen LogP contribution in [0.1, 0.15) is 23.4 Å². The van der Waals surface area contributed by atoms with Gasteiger partial charge in [-0.2, -0.15) is 4.98 Å². The molecule has 114 valence electrons. The van der Waals surface area contributed by atoms with Crippen molar-refractivity contribution in [2.75, 3.05) is 6.54 Å². The molecule has 1 aliphatic rings. The Morgan fingerprint density at radius 2 is 2.27 bits per heavy atom. The van der Waals surface area contributed by atoms with Crippen LogP contribution >= 0.6 is 34.9 Å². The van der Waals surface area contributed by atoms with Crippen LogP contribution in [0.25, 0.3) is 10.7 Å². The Bertz CT molecular complexity index is 827. The monoisotopic (exact) mass is 348 g/mol. The lowest BCUT2D eigenvalue weighted by Gasteiger charge is -2.33. The molecule has 0 bridgehead atoms. The molecule has 7 heteroatoms. The smallest absolute Gasteiger partial charge is 0.217 e. The van der Waals surface area contributed by atoms with E-state index < -0.39 is 0 Å². The fourth-order valence-electron chi connectivity index (χ4n) is 2.91.